The van der Waals surface area contributed by atoms with Crippen molar-refractivity contribution >= 4 is 11.9 Å². The number of esters is 1. The van der Waals surface area contributed by atoms with Gasteiger partial charge in [-0.15, -0.1) is 0 Å². The van der Waals surface area contributed by atoms with Gasteiger partial charge in [0.25, 0.3) is 5.91 Å². The zero-order valence-electron chi connectivity index (χ0n) is 15.8. The number of piperidine rings is 1. The van der Waals surface area contributed by atoms with E-state index in [4.69, 9.17) is 13.9 Å². The number of ether oxygens (including phenoxy) is 2. The Morgan fingerprint density at radius 2 is 2.04 bits per heavy atom. The quantitative estimate of drug-likeness (QED) is 0.711. The highest BCUT2D eigenvalue weighted by Crippen LogP contribution is 2.20. The standard InChI is InChI=1S/C21H23NO6/c1-2-26-21(25)16-9-6-10-22(12-16)20(24)18-11-17(23)19(14-28-18)27-13-15-7-4-3-5-8-15/h3-5,7-8,11,14,16H,2,6,9-10,12-13H2,1H3/t16-/m0/s1. The molecule has 0 spiro atoms. The molecule has 2 aromatic rings. The van der Waals surface area contributed by atoms with Crippen LogP contribution in [0.3, 0.4) is 0 Å². The summed E-state index contributed by atoms with van der Waals surface area (Å²) in [5.74, 6) is -1.09. The molecule has 0 aliphatic carbocycles. The van der Waals surface area contributed by atoms with Gasteiger partial charge in [0.05, 0.1) is 12.5 Å². The number of amides is 1. The van der Waals surface area contributed by atoms with E-state index in [2.05, 4.69) is 0 Å². The van der Waals surface area contributed by atoms with Crippen molar-refractivity contribution in [2.75, 3.05) is 19.7 Å². The summed E-state index contributed by atoms with van der Waals surface area (Å²) in [7, 11) is 0. The smallest absolute Gasteiger partial charge is 0.310 e. The molecule has 1 aliphatic rings. The van der Waals surface area contributed by atoms with Crippen LogP contribution in [0.5, 0.6) is 5.75 Å². The number of carbonyl (C=O) groups is 2. The summed E-state index contributed by atoms with van der Waals surface area (Å²) >= 11 is 0. The van der Waals surface area contributed by atoms with E-state index in [1.54, 1.807) is 6.92 Å². The third-order valence-corrected chi connectivity index (χ3v) is 4.57. The number of likely N-dealkylation sites (tertiary alicyclic amines) is 1. The van der Waals surface area contributed by atoms with Crippen LogP contribution < -0.4 is 10.2 Å². The van der Waals surface area contributed by atoms with Gasteiger partial charge in [0.15, 0.2) is 5.76 Å². The second-order valence-corrected chi connectivity index (χ2v) is 6.59. The van der Waals surface area contributed by atoms with E-state index in [9.17, 15) is 14.4 Å². The molecule has 28 heavy (non-hydrogen) atoms. The van der Waals surface area contributed by atoms with Crippen LogP contribution >= 0.6 is 0 Å². The van der Waals surface area contributed by atoms with Crippen LogP contribution in [0.1, 0.15) is 35.9 Å². The van der Waals surface area contributed by atoms with E-state index in [0.29, 0.717) is 26.0 Å². The molecule has 1 aromatic heterocycles. The van der Waals surface area contributed by atoms with Gasteiger partial charge in [0.1, 0.15) is 12.9 Å². The Bertz CT molecular complexity index is 876. The zero-order chi connectivity index (χ0) is 19.9. The van der Waals surface area contributed by atoms with E-state index in [1.807, 2.05) is 30.3 Å². The van der Waals surface area contributed by atoms with Gasteiger partial charge < -0.3 is 18.8 Å². The fourth-order valence-corrected chi connectivity index (χ4v) is 3.12. The van der Waals surface area contributed by atoms with Crippen molar-refractivity contribution in [1.29, 1.82) is 0 Å². The molecule has 0 saturated carbocycles. The Balaban J connectivity index is 1.64. The molecule has 1 aliphatic heterocycles. The van der Waals surface area contributed by atoms with Gasteiger partial charge in [0.2, 0.25) is 11.2 Å². The highest BCUT2D eigenvalue weighted by atomic mass is 16.5. The molecule has 3 rings (SSSR count). The van der Waals surface area contributed by atoms with Gasteiger partial charge in [-0.25, -0.2) is 0 Å². The van der Waals surface area contributed by atoms with E-state index < -0.39 is 11.3 Å². The van der Waals surface area contributed by atoms with Crippen LogP contribution in [0.25, 0.3) is 0 Å². The SMILES string of the molecule is CCOC(=O)[C@H]1CCCN(C(=O)c2cc(=O)c(OCc3ccccc3)co2)C1. The Morgan fingerprint density at radius 1 is 1.25 bits per heavy atom. The number of rotatable bonds is 6. The molecule has 1 aromatic carbocycles. The topological polar surface area (TPSA) is 86.0 Å². The van der Waals surface area contributed by atoms with Gasteiger partial charge in [-0.2, -0.15) is 0 Å². The third kappa shape index (κ3) is 4.79. The summed E-state index contributed by atoms with van der Waals surface area (Å²) in [5, 5.41) is 0. The number of nitrogens with zero attached hydrogens (tertiary/aromatic N) is 1. The monoisotopic (exact) mass is 385 g/mol. The molecule has 1 amide bonds. The molecule has 1 atom stereocenters. The number of benzene rings is 1. The second kappa shape index (κ2) is 9.21. The van der Waals surface area contributed by atoms with Crippen molar-refractivity contribution in [3.8, 4) is 5.75 Å². The van der Waals surface area contributed by atoms with Gasteiger partial charge >= 0.3 is 5.97 Å². The average Bonchev–Trinajstić information content (AvgIpc) is 2.73. The second-order valence-electron chi connectivity index (χ2n) is 6.59. The van der Waals surface area contributed by atoms with Gasteiger partial charge in [-0.3, -0.25) is 14.4 Å². The number of hydrogen-bond donors (Lipinski definition) is 0. The summed E-state index contributed by atoms with van der Waals surface area (Å²) in [5.41, 5.74) is 0.491. The molecule has 1 saturated heterocycles. The molecule has 0 unspecified atom stereocenters. The predicted octanol–water partition coefficient (Wildman–Crippen LogP) is 2.63. The van der Waals surface area contributed by atoms with Gasteiger partial charge in [0, 0.05) is 19.2 Å². The van der Waals surface area contributed by atoms with Crippen molar-refractivity contribution in [3.05, 3.63) is 64.2 Å². The van der Waals surface area contributed by atoms with Crippen LogP contribution in [0.4, 0.5) is 0 Å². The first-order valence-electron chi connectivity index (χ1n) is 9.34. The minimum absolute atomic E-state index is 0.0449. The summed E-state index contributed by atoms with van der Waals surface area (Å²) in [6.45, 7) is 3.05. The minimum Gasteiger partial charge on any atom is -0.482 e. The van der Waals surface area contributed by atoms with E-state index in [0.717, 1.165) is 17.9 Å². The fraction of sp³-hybridized carbons (Fsp3) is 0.381. The third-order valence-electron chi connectivity index (χ3n) is 4.57. The first-order valence-corrected chi connectivity index (χ1v) is 9.34. The summed E-state index contributed by atoms with van der Waals surface area (Å²) in [6.07, 6.45) is 2.53. The lowest BCUT2D eigenvalue weighted by molar-refractivity contribution is -0.149. The van der Waals surface area contributed by atoms with Crippen molar-refractivity contribution in [2.24, 2.45) is 5.92 Å². The van der Waals surface area contributed by atoms with Crippen LogP contribution in [0, 0.1) is 5.92 Å². The molecular formula is C21H23NO6. The van der Waals surface area contributed by atoms with E-state index >= 15 is 0 Å². The molecule has 148 valence electrons. The predicted molar refractivity (Wildman–Crippen MR) is 101 cm³/mol. The highest BCUT2D eigenvalue weighted by Gasteiger charge is 2.30. The lowest BCUT2D eigenvalue weighted by atomic mass is 9.98. The Morgan fingerprint density at radius 3 is 2.75 bits per heavy atom. The molecule has 7 heteroatoms. The van der Waals surface area contributed by atoms with E-state index in [1.165, 1.54) is 4.90 Å². The normalized spacial score (nSPS) is 16.5. The van der Waals surface area contributed by atoms with Gasteiger partial charge in [-0.05, 0) is 25.3 Å². The fourth-order valence-electron chi connectivity index (χ4n) is 3.12. The lowest BCUT2D eigenvalue weighted by Gasteiger charge is -2.31. The van der Waals surface area contributed by atoms with Crippen LogP contribution in [0.15, 0.2) is 51.9 Å². The molecule has 2 heterocycles. The summed E-state index contributed by atoms with van der Waals surface area (Å²) in [6, 6.07) is 10.6. The Kier molecular flexibility index (Phi) is 6.47. The molecule has 0 radical (unpaired) electrons. The van der Waals surface area contributed by atoms with Crippen molar-refractivity contribution < 1.29 is 23.5 Å². The Hall–Kier alpha value is -3.09. The van der Waals surface area contributed by atoms with E-state index in [-0.39, 0.29) is 36.5 Å². The van der Waals surface area contributed by atoms with Crippen molar-refractivity contribution in [1.82, 2.24) is 4.90 Å². The van der Waals surface area contributed by atoms with Crippen LogP contribution in [-0.4, -0.2) is 36.5 Å². The zero-order valence-corrected chi connectivity index (χ0v) is 15.8. The summed E-state index contributed by atoms with van der Waals surface area (Å²) < 4.78 is 15.9. The lowest BCUT2D eigenvalue weighted by Crippen LogP contribution is -2.43. The Labute approximate surface area is 162 Å². The van der Waals surface area contributed by atoms with Crippen molar-refractivity contribution in [3.63, 3.8) is 0 Å². The van der Waals surface area contributed by atoms with Crippen molar-refractivity contribution in [2.45, 2.75) is 26.4 Å². The maximum atomic E-state index is 12.7. The van der Waals surface area contributed by atoms with Crippen LogP contribution in [0.2, 0.25) is 0 Å². The first kappa shape index (κ1) is 19.7. The molecule has 0 N–H and O–H groups in total. The average molecular weight is 385 g/mol. The molecule has 1 fully saturated rings. The summed E-state index contributed by atoms with van der Waals surface area (Å²) in [4.78, 5) is 38.4. The maximum absolute atomic E-state index is 12.7. The van der Waals surface area contributed by atoms with Crippen LogP contribution in [-0.2, 0) is 16.1 Å². The van der Waals surface area contributed by atoms with Gasteiger partial charge in [-0.1, -0.05) is 30.3 Å². The molecular weight excluding hydrogens is 362 g/mol. The largest absolute Gasteiger partial charge is 0.482 e. The molecule has 7 nitrogen and oxygen atoms in total. The maximum Gasteiger partial charge on any atom is 0.310 e. The molecule has 0 bridgehead atoms. The minimum atomic E-state index is -0.426. The number of hydrogen-bond acceptors (Lipinski definition) is 6. The highest BCUT2D eigenvalue weighted by molar-refractivity contribution is 5.91. The number of carbonyl (C=O) groups excluding carboxylic acids is 2. The first-order chi connectivity index (χ1) is 13.6.